The van der Waals surface area contributed by atoms with Crippen molar-refractivity contribution in [3.63, 3.8) is 0 Å². The second-order valence-corrected chi connectivity index (χ2v) is 4.76. The lowest BCUT2D eigenvalue weighted by Gasteiger charge is -2.20. The van der Waals surface area contributed by atoms with Crippen LogP contribution in [0.15, 0.2) is 12.1 Å². The van der Waals surface area contributed by atoms with Crippen LogP contribution in [0.1, 0.15) is 12.8 Å². The Hall–Kier alpha value is -2.15. The quantitative estimate of drug-likeness (QED) is 0.723. The second kappa shape index (κ2) is 7.03. The van der Waals surface area contributed by atoms with Crippen molar-refractivity contribution >= 4 is 29.3 Å². The number of halogens is 1. The maximum atomic E-state index is 11.7. The first-order valence-corrected chi connectivity index (χ1v) is 6.80. The zero-order chi connectivity index (χ0) is 15.2. The van der Waals surface area contributed by atoms with Gasteiger partial charge in [0.25, 0.3) is 0 Å². The van der Waals surface area contributed by atoms with Gasteiger partial charge in [0, 0.05) is 25.1 Å². The predicted molar refractivity (Wildman–Crippen MR) is 76.3 cm³/mol. The Kier molecular flexibility index (Phi) is 5.10. The van der Waals surface area contributed by atoms with Gasteiger partial charge in [-0.1, -0.05) is 11.6 Å². The average molecular weight is 315 g/mol. The van der Waals surface area contributed by atoms with Crippen molar-refractivity contribution in [3.8, 4) is 11.5 Å². The van der Waals surface area contributed by atoms with Crippen LogP contribution in [0.4, 0.5) is 10.5 Å². The number of carbonyl (C=O) groups excluding carboxylic acids is 1. The van der Waals surface area contributed by atoms with E-state index < -0.39 is 12.0 Å². The van der Waals surface area contributed by atoms with E-state index in [0.29, 0.717) is 41.8 Å². The van der Waals surface area contributed by atoms with Crippen molar-refractivity contribution in [1.29, 1.82) is 0 Å². The third-order valence-corrected chi connectivity index (χ3v) is 3.05. The number of benzene rings is 1. The summed E-state index contributed by atoms with van der Waals surface area (Å²) >= 11 is 6.05. The molecule has 0 unspecified atom stereocenters. The number of fused-ring (bicyclic) bond motifs is 1. The molecular formula is C13H15ClN2O5. The highest BCUT2D eigenvalue weighted by molar-refractivity contribution is 6.34. The minimum Gasteiger partial charge on any atom is -0.486 e. The van der Waals surface area contributed by atoms with Crippen LogP contribution in [0.25, 0.3) is 0 Å². The summed E-state index contributed by atoms with van der Waals surface area (Å²) in [5.74, 6) is 0.164. The highest BCUT2D eigenvalue weighted by atomic mass is 35.5. The van der Waals surface area contributed by atoms with Crippen molar-refractivity contribution < 1.29 is 24.2 Å². The largest absolute Gasteiger partial charge is 0.486 e. The smallest absolute Gasteiger partial charge is 0.319 e. The number of rotatable bonds is 5. The third kappa shape index (κ3) is 4.42. The lowest BCUT2D eigenvalue weighted by molar-refractivity contribution is -0.137. The minimum atomic E-state index is -0.896. The zero-order valence-corrected chi connectivity index (χ0v) is 11.9. The fourth-order valence-electron chi connectivity index (χ4n) is 1.77. The minimum absolute atomic E-state index is 0.00502. The Labute approximate surface area is 126 Å². The monoisotopic (exact) mass is 314 g/mol. The molecule has 1 aromatic carbocycles. The van der Waals surface area contributed by atoms with Crippen LogP contribution >= 0.6 is 11.6 Å². The molecule has 1 aliphatic heterocycles. The number of hydrogen-bond acceptors (Lipinski definition) is 4. The summed E-state index contributed by atoms with van der Waals surface area (Å²) in [4.78, 5) is 22.0. The first kappa shape index (κ1) is 15.2. The van der Waals surface area contributed by atoms with E-state index >= 15 is 0 Å². The maximum Gasteiger partial charge on any atom is 0.319 e. The highest BCUT2D eigenvalue weighted by Gasteiger charge is 2.16. The normalized spacial score (nSPS) is 12.6. The van der Waals surface area contributed by atoms with Crippen LogP contribution in [0.2, 0.25) is 5.02 Å². The molecule has 0 atom stereocenters. The van der Waals surface area contributed by atoms with E-state index in [4.69, 9.17) is 26.2 Å². The molecule has 0 bridgehead atoms. The van der Waals surface area contributed by atoms with Crippen molar-refractivity contribution in [2.24, 2.45) is 0 Å². The van der Waals surface area contributed by atoms with Gasteiger partial charge in [-0.15, -0.1) is 0 Å². The number of hydrogen-bond donors (Lipinski definition) is 3. The van der Waals surface area contributed by atoms with E-state index in [9.17, 15) is 9.59 Å². The van der Waals surface area contributed by atoms with Crippen LogP contribution < -0.4 is 20.1 Å². The molecule has 0 aliphatic carbocycles. The van der Waals surface area contributed by atoms with Gasteiger partial charge in [-0.3, -0.25) is 4.79 Å². The summed E-state index contributed by atoms with van der Waals surface area (Å²) in [7, 11) is 0. The average Bonchev–Trinajstić information content (AvgIpc) is 2.44. The first-order chi connectivity index (χ1) is 10.1. The van der Waals surface area contributed by atoms with Crippen molar-refractivity contribution in [2.75, 3.05) is 25.1 Å². The molecule has 0 spiro atoms. The number of nitrogens with one attached hydrogen (secondary N) is 2. The van der Waals surface area contributed by atoms with Crippen LogP contribution in [0.5, 0.6) is 11.5 Å². The van der Waals surface area contributed by atoms with Crippen LogP contribution in [0.3, 0.4) is 0 Å². The van der Waals surface area contributed by atoms with Crippen molar-refractivity contribution in [3.05, 3.63) is 17.2 Å². The van der Waals surface area contributed by atoms with E-state index in [-0.39, 0.29) is 13.0 Å². The van der Waals surface area contributed by atoms with E-state index in [1.807, 2.05) is 0 Å². The molecule has 0 fully saturated rings. The van der Waals surface area contributed by atoms with Gasteiger partial charge in [-0.05, 0) is 6.42 Å². The Morgan fingerprint density at radius 2 is 1.90 bits per heavy atom. The number of aliphatic carboxylic acids is 1. The second-order valence-electron chi connectivity index (χ2n) is 4.35. The molecule has 0 aromatic heterocycles. The number of carboxylic acids is 1. The molecule has 21 heavy (non-hydrogen) atoms. The molecule has 2 rings (SSSR count). The molecule has 7 nitrogen and oxygen atoms in total. The van der Waals surface area contributed by atoms with E-state index in [2.05, 4.69) is 10.6 Å². The number of amides is 2. The molecule has 1 aliphatic rings. The summed E-state index contributed by atoms with van der Waals surface area (Å²) in [5.41, 5.74) is 0.400. The third-order valence-electron chi connectivity index (χ3n) is 2.73. The molecule has 8 heteroatoms. The number of carboxylic acid groups (broad SMARTS) is 1. The van der Waals surface area contributed by atoms with Crippen molar-refractivity contribution in [2.45, 2.75) is 12.8 Å². The SMILES string of the molecule is O=C(O)CCCNC(=O)Nc1cc2c(cc1Cl)OCCO2. The summed E-state index contributed by atoms with van der Waals surface area (Å²) < 4.78 is 10.8. The highest BCUT2D eigenvalue weighted by Crippen LogP contribution is 2.37. The summed E-state index contributed by atoms with van der Waals surface area (Å²) in [6, 6.07) is 2.71. The molecule has 0 saturated carbocycles. The Morgan fingerprint density at radius 1 is 1.24 bits per heavy atom. The number of urea groups is 1. The van der Waals surface area contributed by atoms with Gasteiger partial charge in [0.2, 0.25) is 0 Å². The van der Waals surface area contributed by atoms with E-state index in [1.54, 1.807) is 12.1 Å². The van der Waals surface area contributed by atoms with Gasteiger partial charge >= 0.3 is 12.0 Å². The molecular weight excluding hydrogens is 300 g/mol. The Morgan fingerprint density at radius 3 is 2.57 bits per heavy atom. The molecule has 3 N–H and O–H groups in total. The first-order valence-electron chi connectivity index (χ1n) is 6.42. The topological polar surface area (TPSA) is 96.9 Å². The number of carbonyl (C=O) groups is 2. The van der Waals surface area contributed by atoms with Crippen LogP contribution in [0, 0.1) is 0 Å². The van der Waals surface area contributed by atoms with E-state index in [1.165, 1.54) is 0 Å². The van der Waals surface area contributed by atoms with Gasteiger partial charge < -0.3 is 25.2 Å². The fourth-order valence-corrected chi connectivity index (χ4v) is 1.97. The molecule has 0 radical (unpaired) electrons. The molecule has 1 heterocycles. The summed E-state index contributed by atoms with van der Waals surface area (Å²) in [6.45, 7) is 1.16. The predicted octanol–water partition coefficient (Wildman–Crippen LogP) is 2.10. The number of anilines is 1. The lowest BCUT2D eigenvalue weighted by atomic mass is 10.2. The summed E-state index contributed by atoms with van der Waals surface area (Å²) in [6.07, 6.45) is 0.364. The Bertz CT molecular complexity index is 550. The Balaban J connectivity index is 1.90. The van der Waals surface area contributed by atoms with Crippen LogP contribution in [-0.2, 0) is 4.79 Å². The zero-order valence-electron chi connectivity index (χ0n) is 11.1. The molecule has 114 valence electrons. The van der Waals surface area contributed by atoms with Gasteiger partial charge in [0.15, 0.2) is 11.5 Å². The fraction of sp³-hybridized carbons (Fsp3) is 0.385. The maximum absolute atomic E-state index is 11.7. The van der Waals surface area contributed by atoms with E-state index in [0.717, 1.165) is 0 Å². The van der Waals surface area contributed by atoms with Gasteiger partial charge in [0.05, 0.1) is 10.7 Å². The standard InChI is InChI=1S/C13H15ClN2O5/c14-8-6-10-11(21-5-4-20-10)7-9(8)16-13(19)15-3-1-2-12(17)18/h6-7H,1-5H2,(H,17,18)(H2,15,16,19). The molecule has 2 amide bonds. The molecule has 1 aromatic rings. The lowest BCUT2D eigenvalue weighted by Crippen LogP contribution is -2.30. The van der Waals surface area contributed by atoms with Gasteiger partial charge in [-0.25, -0.2) is 4.79 Å². The number of ether oxygens (including phenoxy) is 2. The van der Waals surface area contributed by atoms with Gasteiger partial charge in [-0.2, -0.15) is 0 Å². The van der Waals surface area contributed by atoms with Crippen molar-refractivity contribution in [1.82, 2.24) is 5.32 Å². The van der Waals surface area contributed by atoms with Crippen LogP contribution in [-0.4, -0.2) is 36.9 Å². The summed E-state index contributed by atoms with van der Waals surface area (Å²) in [5, 5.41) is 14.0. The van der Waals surface area contributed by atoms with Gasteiger partial charge in [0.1, 0.15) is 13.2 Å². The molecule has 0 saturated heterocycles.